The number of hydrogen-bond donors (Lipinski definition) is 2. The summed E-state index contributed by atoms with van der Waals surface area (Å²) in [5, 5.41) is 3.50. The van der Waals surface area contributed by atoms with Gasteiger partial charge in [-0.2, -0.15) is 0 Å². The molecule has 0 heterocycles. The molecule has 0 aromatic heterocycles. The molecule has 0 spiro atoms. The molecule has 2 aromatic carbocycles. The van der Waals surface area contributed by atoms with Crippen molar-refractivity contribution in [2.24, 2.45) is 0 Å². The van der Waals surface area contributed by atoms with E-state index < -0.39 is 0 Å². The zero-order valence-corrected chi connectivity index (χ0v) is 13.0. The van der Waals surface area contributed by atoms with E-state index in [1.807, 2.05) is 12.1 Å². The minimum atomic E-state index is 0.140. The highest BCUT2D eigenvalue weighted by Gasteiger charge is 2.15. The van der Waals surface area contributed by atoms with E-state index in [1.54, 1.807) is 0 Å². The van der Waals surface area contributed by atoms with Gasteiger partial charge in [-0.15, -0.1) is 0 Å². The minimum absolute atomic E-state index is 0.140. The molecule has 0 saturated carbocycles. The Balaban J connectivity index is 2.43. The Morgan fingerprint density at radius 2 is 1.65 bits per heavy atom. The molecule has 0 saturated heterocycles. The zero-order chi connectivity index (χ0) is 14.9. The topological polar surface area (TPSA) is 38.0 Å². The highest BCUT2D eigenvalue weighted by Crippen LogP contribution is 2.31. The summed E-state index contributed by atoms with van der Waals surface area (Å²) in [7, 11) is 0. The minimum Gasteiger partial charge on any atom is -0.397 e. The van der Waals surface area contributed by atoms with Crippen molar-refractivity contribution >= 4 is 17.1 Å². The van der Waals surface area contributed by atoms with E-state index >= 15 is 0 Å². The Kier molecular flexibility index (Phi) is 3.76. The van der Waals surface area contributed by atoms with Gasteiger partial charge in [0.05, 0.1) is 11.4 Å². The lowest BCUT2D eigenvalue weighted by atomic mass is 9.86. The summed E-state index contributed by atoms with van der Waals surface area (Å²) < 4.78 is 0. The molecule has 0 unspecified atom stereocenters. The summed E-state index contributed by atoms with van der Waals surface area (Å²) in [6, 6.07) is 12.6. The Bertz CT molecular complexity index is 602. The molecule has 0 fully saturated rings. The van der Waals surface area contributed by atoms with Crippen LogP contribution in [0, 0.1) is 13.8 Å². The Labute approximate surface area is 122 Å². The molecule has 106 valence electrons. The number of nitrogens with two attached hydrogens (primary N) is 1. The van der Waals surface area contributed by atoms with E-state index in [-0.39, 0.29) is 5.41 Å². The Morgan fingerprint density at radius 3 is 2.25 bits per heavy atom. The van der Waals surface area contributed by atoms with Crippen molar-refractivity contribution in [1.82, 2.24) is 0 Å². The summed E-state index contributed by atoms with van der Waals surface area (Å²) >= 11 is 0. The number of para-hydroxylation sites is 1. The van der Waals surface area contributed by atoms with Crippen molar-refractivity contribution < 1.29 is 0 Å². The summed E-state index contributed by atoms with van der Waals surface area (Å²) in [6.07, 6.45) is 0. The predicted octanol–water partition coefficient (Wildman–Crippen LogP) is 4.93. The summed E-state index contributed by atoms with van der Waals surface area (Å²) in [6.45, 7) is 10.9. The van der Waals surface area contributed by atoms with Crippen molar-refractivity contribution in [2.75, 3.05) is 11.1 Å². The molecule has 3 N–H and O–H groups in total. The smallest absolute Gasteiger partial charge is 0.0647 e. The number of anilines is 3. The SMILES string of the molecule is Cc1ccc(C(C)(C)C)cc1Nc1c(C)cccc1N. The van der Waals surface area contributed by atoms with Crippen LogP contribution in [0.1, 0.15) is 37.5 Å². The molecule has 0 bridgehead atoms. The molecule has 2 nitrogen and oxygen atoms in total. The average Bonchev–Trinajstić information content (AvgIpc) is 2.34. The van der Waals surface area contributed by atoms with E-state index in [9.17, 15) is 0 Å². The van der Waals surface area contributed by atoms with Gasteiger partial charge >= 0.3 is 0 Å². The average molecular weight is 268 g/mol. The van der Waals surface area contributed by atoms with Gasteiger partial charge in [0, 0.05) is 5.69 Å². The van der Waals surface area contributed by atoms with Gasteiger partial charge in [0.2, 0.25) is 0 Å². The first-order valence-electron chi connectivity index (χ1n) is 7.02. The number of hydrogen-bond acceptors (Lipinski definition) is 2. The van der Waals surface area contributed by atoms with Crippen LogP contribution in [0.15, 0.2) is 36.4 Å². The van der Waals surface area contributed by atoms with E-state index in [0.29, 0.717) is 0 Å². The third kappa shape index (κ3) is 2.96. The predicted molar refractivity (Wildman–Crippen MR) is 88.8 cm³/mol. The first-order valence-corrected chi connectivity index (χ1v) is 7.02. The van der Waals surface area contributed by atoms with E-state index in [1.165, 1.54) is 11.1 Å². The molecule has 0 aliphatic carbocycles. The van der Waals surface area contributed by atoms with Gasteiger partial charge in [0.1, 0.15) is 0 Å². The molecular weight excluding hydrogens is 244 g/mol. The number of nitrogens with one attached hydrogen (secondary N) is 1. The highest BCUT2D eigenvalue weighted by atomic mass is 14.9. The van der Waals surface area contributed by atoms with Gasteiger partial charge < -0.3 is 11.1 Å². The number of aryl methyl sites for hydroxylation is 2. The molecule has 0 aliphatic rings. The van der Waals surface area contributed by atoms with Crippen LogP contribution in [-0.2, 0) is 5.41 Å². The number of benzene rings is 2. The van der Waals surface area contributed by atoms with Crippen LogP contribution in [-0.4, -0.2) is 0 Å². The van der Waals surface area contributed by atoms with Crippen LogP contribution in [0.4, 0.5) is 17.1 Å². The third-order valence-corrected chi connectivity index (χ3v) is 3.67. The molecule has 20 heavy (non-hydrogen) atoms. The molecule has 0 atom stereocenters. The van der Waals surface area contributed by atoms with Crippen LogP contribution in [0.2, 0.25) is 0 Å². The van der Waals surface area contributed by atoms with Crippen molar-refractivity contribution in [3.05, 3.63) is 53.1 Å². The summed E-state index contributed by atoms with van der Waals surface area (Å²) in [5.41, 5.74) is 12.8. The van der Waals surface area contributed by atoms with Crippen LogP contribution >= 0.6 is 0 Å². The second-order valence-corrected chi connectivity index (χ2v) is 6.44. The van der Waals surface area contributed by atoms with Gasteiger partial charge in [-0.05, 0) is 48.1 Å². The standard InChI is InChI=1S/C18H24N2/c1-12-9-10-14(18(3,4)5)11-16(12)20-17-13(2)7-6-8-15(17)19/h6-11,20H,19H2,1-5H3. The fraction of sp³-hybridized carbons (Fsp3) is 0.333. The van der Waals surface area contributed by atoms with Gasteiger partial charge in [0.25, 0.3) is 0 Å². The van der Waals surface area contributed by atoms with Gasteiger partial charge in [-0.25, -0.2) is 0 Å². The molecule has 2 aromatic rings. The molecule has 2 rings (SSSR count). The number of rotatable bonds is 2. The molecule has 0 amide bonds. The lowest BCUT2D eigenvalue weighted by Gasteiger charge is -2.22. The first kappa shape index (κ1) is 14.4. The van der Waals surface area contributed by atoms with Crippen molar-refractivity contribution in [2.45, 2.75) is 40.0 Å². The maximum atomic E-state index is 6.08. The van der Waals surface area contributed by atoms with Gasteiger partial charge in [-0.3, -0.25) is 0 Å². The van der Waals surface area contributed by atoms with E-state index in [0.717, 1.165) is 22.6 Å². The maximum absolute atomic E-state index is 6.08. The van der Waals surface area contributed by atoms with Gasteiger partial charge in [0.15, 0.2) is 0 Å². The lowest BCUT2D eigenvalue weighted by molar-refractivity contribution is 0.590. The molecule has 0 aliphatic heterocycles. The van der Waals surface area contributed by atoms with Crippen LogP contribution in [0.25, 0.3) is 0 Å². The van der Waals surface area contributed by atoms with E-state index in [4.69, 9.17) is 5.73 Å². The van der Waals surface area contributed by atoms with Gasteiger partial charge in [-0.1, -0.05) is 45.0 Å². The number of nitrogen functional groups attached to an aromatic ring is 1. The Morgan fingerprint density at radius 1 is 0.950 bits per heavy atom. The Hall–Kier alpha value is -1.96. The fourth-order valence-electron chi connectivity index (χ4n) is 2.22. The van der Waals surface area contributed by atoms with Crippen LogP contribution in [0.5, 0.6) is 0 Å². The van der Waals surface area contributed by atoms with Crippen molar-refractivity contribution in [1.29, 1.82) is 0 Å². The van der Waals surface area contributed by atoms with Crippen molar-refractivity contribution in [3.63, 3.8) is 0 Å². The largest absolute Gasteiger partial charge is 0.397 e. The van der Waals surface area contributed by atoms with Crippen LogP contribution in [0.3, 0.4) is 0 Å². The monoisotopic (exact) mass is 268 g/mol. The second kappa shape index (κ2) is 5.20. The first-order chi connectivity index (χ1) is 9.29. The molecular formula is C18H24N2. The maximum Gasteiger partial charge on any atom is 0.0647 e. The second-order valence-electron chi connectivity index (χ2n) is 6.44. The normalized spacial score (nSPS) is 11.4. The summed E-state index contributed by atoms with van der Waals surface area (Å²) in [4.78, 5) is 0. The molecule has 0 radical (unpaired) electrons. The van der Waals surface area contributed by atoms with Crippen LogP contribution < -0.4 is 11.1 Å². The fourth-order valence-corrected chi connectivity index (χ4v) is 2.22. The molecule has 2 heteroatoms. The third-order valence-electron chi connectivity index (χ3n) is 3.67. The zero-order valence-electron chi connectivity index (χ0n) is 13.0. The lowest BCUT2D eigenvalue weighted by Crippen LogP contribution is -2.11. The highest BCUT2D eigenvalue weighted by molar-refractivity contribution is 5.77. The van der Waals surface area contributed by atoms with E-state index in [2.05, 4.69) is 64.2 Å². The van der Waals surface area contributed by atoms with Crippen molar-refractivity contribution in [3.8, 4) is 0 Å². The summed E-state index contributed by atoms with van der Waals surface area (Å²) in [5.74, 6) is 0. The quantitative estimate of drug-likeness (QED) is 0.758.